The highest BCUT2D eigenvalue weighted by Gasteiger charge is 2.02. The average molecular weight is 287 g/mol. The number of hydrogen-bond acceptors (Lipinski definition) is 5. The zero-order valence-electron chi connectivity index (χ0n) is 13.2. The van der Waals surface area contributed by atoms with Crippen molar-refractivity contribution in [3.63, 3.8) is 0 Å². The quantitative estimate of drug-likeness (QED) is 0.407. The van der Waals surface area contributed by atoms with Crippen LogP contribution >= 0.6 is 0 Å². The minimum atomic E-state index is -0.121. The molecule has 0 amide bonds. The highest BCUT2D eigenvalue weighted by atomic mass is 16.5. The van der Waals surface area contributed by atoms with Gasteiger partial charge in [-0.2, -0.15) is 0 Å². The Morgan fingerprint density at radius 2 is 1.15 bits per heavy atom. The molecule has 0 aromatic rings. The molecule has 20 heavy (non-hydrogen) atoms. The van der Waals surface area contributed by atoms with E-state index >= 15 is 0 Å². The standard InChI is InChI=1S/C15H29NO4/c1-16(12-8-4-6-10-14(17)19-2)13-9-5-7-11-15(18)20-3/h4-13H2,1-3H3. The topological polar surface area (TPSA) is 55.8 Å². The van der Waals surface area contributed by atoms with Crippen LogP contribution in [-0.4, -0.2) is 51.2 Å². The molecule has 5 heteroatoms. The van der Waals surface area contributed by atoms with Gasteiger partial charge in [-0.1, -0.05) is 12.8 Å². The molecule has 0 aliphatic rings. The predicted octanol–water partition coefficient (Wildman–Crippen LogP) is 2.39. The highest BCUT2D eigenvalue weighted by Crippen LogP contribution is 2.05. The minimum Gasteiger partial charge on any atom is -0.469 e. The van der Waals surface area contributed by atoms with E-state index in [0.717, 1.165) is 51.6 Å². The van der Waals surface area contributed by atoms with Crippen LogP contribution < -0.4 is 0 Å². The van der Waals surface area contributed by atoms with E-state index in [-0.39, 0.29) is 11.9 Å². The Morgan fingerprint density at radius 3 is 1.50 bits per heavy atom. The molecule has 0 saturated carbocycles. The molecular formula is C15H29NO4. The number of unbranched alkanes of at least 4 members (excludes halogenated alkanes) is 4. The van der Waals surface area contributed by atoms with Crippen LogP contribution in [0.3, 0.4) is 0 Å². The van der Waals surface area contributed by atoms with E-state index in [2.05, 4.69) is 21.4 Å². The van der Waals surface area contributed by atoms with Crippen molar-refractivity contribution in [2.75, 3.05) is 34.4 Å². The lowest BCUT2D eigenvalue weighted by molar-refractivity contribution is -0.141. The Balaban J connectivity index is 3.30. The van der Waals surface area contributed by atoms with Crippen LogP contribution in [0.2, 0.25) is 0 Å². The summed E-state index contributed by atoms with van der Waals surface area (Å²) in [6.45, 7) is 2.11. The monoisotopic (exact) mass is 287 g/mol. The van der Waals surface area contributed by atoms with Crippen molar-refractivity contribution in [2.24, 2.45) is 0 Å². The number of carbonyl (C=O) groups excluding carboxylic acids is 2. The lowest BCUT2D eigenvalue weighted by atomic mass is 10.1. The number of esters is 2. The fraction of sp³-hybridized carbons (Fsp3) is 0.867. The number of hydrogen-bond donors (Lipinski definition) is 0. The molecule has 0 bridgehead atoms. The first kappa shape index (κ1) is 18.9. The van der Waals surface area contributed by atoms with E-state index in [0.29, 0.717) is 12.8 Å². The number of carbonyl (C=O) groups is 2. The van der Waals surface area contributed by atoms with Crippen LogP contribution in [0, 0.1) is 0 Å². The zero-order valence-corrected chi connectivity index (χ0v) is 13.2. The first-order chi connectivity index (χ1) is 9.60. The van der Waals surface area contributed by atoms with E-state index in [1.165, 1.54) is 14.2 Å². The first-order valence-corrected chi connectivity index (χ1v) is 7.42. The third-order valence-electron chi connectivity index (χ3n) is 3.30. The maximum absolute atomic E-state index is 10.9. The summed E-state index contributed by atoms with van der Waals surface area (Å²) in [7, 11) is 4.97. The summed E-state index contributed by atoms with van der Waals surface area (Å²) in [6, 6.07) is 0. The molecule has 0 saturated heterocycles. The number of ether oxygens (including phenoxy) is 2. The Bertz CT molecular complexity index is 243. The summed E-state index contributed by atoms with van der Waals surface area (Å²) < 4.78 is 9.19. The summed E-state index contributed by atoms with van der Waals surface area (Å²) in [5, 5.41) is 0. The highest BCUT2D eigenvalue weighted by molar-refractivity contribution is 5.69. The lowest BCUT2D eigenvalue weighted by Crippen LogP contribution is -2.21. The zero-order chi connectivity index (χ0) is 15.2. The molecule has 0 unspecified atom stereocenters. The Morgan fingerprint density at radius 1 is 0.750 bits per heavy atom. The summed E-state index contributed by atoms with van der Waals surface area (Å²) in [4.78, 5) is 24.1. The molecule has 0 fully saturated rings. The van der Waals surface area contributed by atoms with E-state index in [1.807, 2.05) is 0 Å². The van der Waals surface area contributed by atoms with E-state index < -0.39 is 0 Å². The van der Waals surface area contributed by atoms with E-state index in [1.54, 1.807) is 0 Å². The fourth-order valence-corrected chi connectivity index (χ4v) is 1.97. The van der Waals surface area contributed by atoms with Gasteiger partial charge in [-0.3, -0.25) is 9.59 Å². The van der Waals surface area contributed by atoms with Gasteiger partial charge in [-0.05, 0) is 45.8 Å². The van der Waals surface area contributed by atoms with Gasteiger partial charge < -0.3 is 14.4 Å². The molecule has 0 aromatic carbocycles. The Hall–Kier alpha value is -1.10. The SMILES string of the molecule is COC(=O)CCCCCN(C)CCCCCC(=O)OC. The second-order valence-electron chi connectivity index (χ2n) is 5.08. The fourth-order valence-electron chi connectivity index (χ4n) is 1.97. The van der Waals surface area contributed by atoms with Crippen molar-refractivity contribution >= 4 is 11.9 Å². The molecule has 0 rings (SSSR count). The molecule has 0 radical (unpaired) electrons. The minimum absolute atomic E-state index is 0.121. The maximum atomic E-state index is 10.9. The predicted molar refractivity (Wildman–Crippen MR) is 78.5 cm³/mol. The van der Waals surface area contributed by atoms with Crippen molar-refractivity contribution in [1.82, 2.24) is 4.90 Å². The van der Waals surface area contributed by atoms with Crippen molar-refractivity contribution in [2.45, 2.75) is 51.4 Å². The van der Waals surface area contributed by atoms with Crippen LogP contribution in [-0.2, 0) is 19.1 Å². The van der Waals surface area contributed by atoms with Gasteiger partial charge in [0.05, 0.1) is 14.2 Å². The van der Waals surface area contributed by atoms with Crippen LogP contribution in [0.1, 0.15) is 51.4 Å². The lowest BCUT2D eigenvalue weighted by Gasteiger charge is -2.16. The average Bonchev–Trinajstić information content (AvgIpc) is 2.45. The second-order valence-corrected chi connectivity index (χ2v) is 5.08. The van der Waals surface area contributed by atoms with Gasteiger partial charge in [0.1, 0.15) is 0 Å². The van der Waals surface area contributed by atoms with Gasteiger partial charge in [0, 0.05) is 12.8 Å². The number of nitrogens with zero attached hydrogens (tertiary/aromatic N) is 1. The Labute approximate surface area is 122 Å². The summed E-state index contributed by atoms with van der Waals surface area (Å²) in [5.41, 5.74) is 0. The number of rotatable bonds is 12. The first-order valence-electron chi connectivity index (χ1n) is 7.42. The smallest absolute Gasteiger partial charge is 0.305 e. The van der Waals surface area contributed by atoms with Crippen LogP contribution in [0.15, 0.2) is 0 Å². The molecule has 0 heterocycles. The van der Waals surface area contributed by atoms with Crippen LogP contribution in [0.5, 0.6) is 0 Å². The normalized spacial score (nSPS) is 10.6. The van der Waals surface area contributed by atoms with Crippen LogP contribution in [0.25, 0.3) is 0 Å². The van der Waals surface area contributed by atoms with Gasteiger partial charge in [0.15, 0.2) is 0 Å². The maximum Gasteiger partial charge on any atom is 0.305 e. The summed E-state index contributed by atoms with van der Waals surface area (Å²) in [6.07, 6.45) is 7.18. The second kappa shape index (κ2) is 12.9. The molecule has 5 nitrogen and oxygen atoms in total. The molecule has 0 spiro atoms. The molecule has 0 aliphatic heterocycles. The van der Waals surface area contributed by atoms with Gasteiger partial charge in [-0.25, -0.2) is 0 Å². The van der Waals surface area contributed by atoms with Crippen LogP contribution in [0.4, 0.5) is 0 Å². The van der Waals surface area contributed by atoms with Crippen molar-refractivity contribution in [1.29, 1.82) is 0 Å². The third-order valence-corrected chi connectivity index (χ3v) is 3.30. The summed E-state index contributed by atoms with van der Waals surface area (Å²) >= 11 is 0. The van der Waals surface area contributed by atoms with Crippen molar-refractivity contribution in [3.05, 3.63) is 0 Å². The van der Waals surface area contributed by atoms with Crippen molar-refractivity contribution < 1.29 is 19.1 Å². The number of methoxy groups -OCH3 is 2. The van der Waals surface area contributed by atoms with E-state index in [4.69, 9.17) is 0 Å². The van der Waals surface area contributed by atoms with Gasteiger partial charge >= 0.3 is 11.9 Å². The molecule has 0 aliphatic carbocycles. The molecule has 0 N–H and O–H groups in total. The Kier molecular flexibility index (Phi) is 12.2. The molecule has 0 atom stereocenters. The van der Waals surface area contributed by atoms with Gasteiger partial charge in [-0.15, -0.1) is 0 Å². The summed E-state index contributed by atoms with van der Waals surface area (Å²) in [5.74, 6) is -0.243. The largest absolute Gasteiger partial charge is 0.469 e. The van der Waals surface area contributed by atoms with Gasteiger partial charge in [0.2, 0.25) is 0 Å². The van der Waals surface area contributed by atoms with E-state index in [9.17, 15) is 9.59 Å². The third kappa shape index (κ3) is 12.0. The van der Waals surface area contributed by atoms with Crippen molar-refractivity contribution in [3.8, 4) is 0 Å². The molecule has 0 aromatic heterocycles. The molecular weight excluding hydrogens is 258 g/mol. The van der Waals surface area contributed by atoms with Gasteiger partial charge in [0.25, 0.3) is 0 Å². The molecule has 118 valence electrons.